The summed E-state index contributed by atoms with van der Waals surface area (Å²) in [5, 5.41) is 2.43. The van der Waals surface area contributed by atoms with E-state index < -0.39 is 28.3 Å². The molecule has 0 unspecified atom stereocenters. The standard InChI is InChI=1S/C20H16F4N2O2S/c1-12-17(29-19(28)26(12)11-14-7-3-5-9-16(14)21)18(27)25-10-13-6-2-4-8-15(13)20(22,23)24/h2-9H,10-11H2,1H3,(H,25,27). The Balaban J connectivity index is 1.80. The first-order chi connectivity index (χ1) is 13.7. The highest BCUT2D eigenvalue weighted by Crippen LogP contribution is 2.31. The molecular formula is C20H16F4N2O2S. The van der Waals surface area contributed by atoms with Crippen LogP contribution in [-0.2, 0) is 19.3 Å². The summed E-state index contributed by atoms with van der Waals surface area (Å²) in [7, 11) is 0. The molecule has 0 atom stereocenters. The Morgan fingerprint density at radius 2 is 1.69 bits per heavy atom. The molecule has 152 valence electrons. The number of amides is 1. The number of thiazole rings is 1. The molecule has 2 aromatic carbocycles. The van der Waals surface area contributed by atoms with E-state index in [4.69, 9.17) is 0 Å². The Kier molecular flexibility index (Phi) is 5.88. The van der Waals surface area contributed by atoms with E-state index in [2.05, 4.69) is 5.32 Å². The highest BCUT2D eigenvalue weighted by molar-refractivity contribution is 7.11. The number of alkyl halides is 3. The number of carbonyl (C=O) groups excluding carboxylic acids is 1. The van der Waals surface area contributed by atoms with Crippen molar-refractivity contribution < 1.29 is 22.4 Å². The van der Waals surface area contributed by atoms with Gasteiger partial charge < -0.3 is 5.32 Å². The lowest BCUT2D eigenvalue weighted by Gasteiger charge is -2.13. The SMILES string of the molecule is Cc1c(C(=O)NCc2ccccc2C(F)(F)F)sc(=O)n1Cc1ccccc1F. The van der Waals surface area contributed by atoms with Crippen molar-refractivity contribution in [3.63, 3.8) is 0 Å². The lowest BCUT2D eigenvalue weighted by molar-refractivity contribution is -0.138. The maximum absolute atomic E-state index is 13.9. The van der Waals surface area contributed by atoms with Crippen LogP contribution in [0.2, 0.25) is 0 Å². The molecule has 0 saturated carbocycles. The summed E-state index contributed by atoms with van der Waals surface area (Å²) >= 11 is 0.670. The first kappa shape index (κ1) is 20.8. The molecule has 0 aliphatic rings. The van der Waals surface area contributed by atoms with Crippen molar-refractivity contribution in [2.75, 3.05) is 0 Å². The minimum absolute atomic E-state index is 0.0436. The quantitative estimate of drug-likeness (QED) is 0.619. The van der Waals surface area contributed by atoms with E-state index in [-0.39, 0.29) is 23.5 Å². The fourth-order valence-corrected chi connectivity index (χ4v) is 3.78. The first-order valence-corrected chi connectivity index (χ1v) is 9.37. The molecule has 4 nitrogen and oxygen atoms in total. The average molecular weight is 424 g/mol. The molecule has 0 radical (unpaired) electrons. The van der Waals surface area contributed by atoms with Gasteiger partial charge in [0, 0.05) is 17.8 Å². The Hall–Kier alpha value is -2.94. The summed E-state index contributed by atoms with van der Waals surface area (Å²) in [4.78, 5) is 24.4. The van der Waals surface area contributed by atoms with Crippen molar-refractivity contribution in [2.24, 2.45) is 0 Å². The molecule has 0 spiro atoms. The largest absolute Gasteiger partial charge is 0.416 e. The van der Waals surface area contributed by atoms with Gasteiger partial charge in [-0.15, -0.1) is 0 Å². The zero-order valence-electron chi connectivity index (χ0n) is 15.2. The number of benzene rings is 2. The summed E-state index contributed by atoms with van der Waals surface area (Å²) < 4.78 is 54.3. The highest BCUT2D eigenvalue weighted by atomic mass is 32.1. The Morgan fingerprint density at radius 1 is 1.07 bits per heavy atom. The molecule has 9 heteroatoms. The molecule has 0 saturated heterocycles. The van der Waals surface area contributed by atoms with Crippen molar-refractivity contribution in [1.29, 1.82) is 0 Å². The molecule has 0 aliphatic carbocycles. The third-order valence-corrected chi connectivity index (χ3v) is 5.48. The Labute approximate surface area is 167 Å². The Bertz CT molecular complexity index is 1100. The van der Waals surface area contributed by atoms with Crippen LogP contribution in [0.3, 0.4) is 0 Å². The van der Waals surface area contributed by atoms with Crippen molar-refractivity contribution >= 4 is 17.2 Å². The van der Waals surface area contributed by atoms with E-state index in [1.807, 2.05) is 0 Å². The lowest BCUT2D eigenvalue weighted by Crippen LogP contribution is -2.24. The van der Waals surface area contributed by atoms with E-state index in [1.165, 1.54) is 47.9 Å². The van der Waals surface area contributed by atoms with E-state index in [9.17, 15) is 27.2 Å². The van der Waals surface area contributed by atoms with Crippen LogP contribution in [0.1, 0.15) is 32.1 Å². The van der Waals surface area contributed by atoms with Gasteiger partial charge in [-0.1, -0.05) is 47.7 Å². The molecule has 29 heavy (non-hydrogen) atoms. The normalized spacial score (nSPS) is 11.5. The fourth-order valence-electron chi connectivity index (χ4n) is 2.87. The summed E-state index contributed by atoms with van der Waals surface area (Å²) in [5.41, 5.74) is -0.294. The van der Waals surface area contributed by atoms with Crippen LogP contribution in [0, 0.1) is 12.7 Å². The zero-order chi connectivity index (χ0) is 21.2. The number of halogens is 4. The molecule has 0 aliphatic heterocycles. The smallest absolute Gasteiger partial charge is 0.347 e. The fraction of sp³-hybridized carbons (Fsp3) is 0.200. The second kappa shape index (κ2) is 8.20. The summed E-state index contributed by atoms with van der Waals surface area (Å²) in [6.45, 7) is 1.16. The van der Waals surface area contributed by atoms with Gasteiger partial charge in [0.1, 0.15) is 10.7 Å². The van der Waals surface area contributed by atoms with Crippen LogP contribution in [0.25, 0.3) is 0 Å². The van der Waals surface area contributed by atoms with Gasteiger partial charge in [0.05, 0.1) is 12.1 Å². The topological polar surface area (TPSA) is 51.1 Å². The molecule has 1 aromatic heterocycles. The van der Waals surface area contributed by atoms with Crippen LogP contribution in [0.5, 0.6) is 0 Å². The number of hydrogen-bond donors (Lipinski definition) is 1. The van der Waals surface area contributed by atoms with E-state index in [0.29, 0.717) is 22.6 Å². The van der Waals surface area contributed by atoms with Crippen LogP contribution >= 0.6 is 11.3 Å². The molecule has 0 bridgehead atoms. The van der Waals surface area contributed by atoms with Gasteiger partial charge in [-0.2, -0.15) is 13.2 Å². The number of rotatable bonds is 5. The highest BCUT2D eigenvalue weighted by Gasteiger charge is 2.33. The number of hydrogen-bond acceptors (Lipinski definition) is 3. The van der Waals surface area contributed by atoms with Gasteiger partial charge in [0.25, 0.3) is 5.91 Å². The van der Waals surface area contributed by atoms with E-state index >= 15 is 0 Å². The van der Waals surface area contributed by atoms with Gasteiger partial charge in [-0.3, -0.25) is 14.2 Å². The van der Waals surface area contributed by atoms with Crippen LogP contribution in [0.15, 0.2) is 53.3 Å². The second-order valence-electron chi connectivity index (χ2n) is 6.30. The number of aromatic nitrogens is 1. The predicted molar refractivity (Wildman–Crippen MR) is 101 cm³/mol. The zero-order valence-corrected chi connectivity index (χ0v) is 16.0. The predicted octanol–water partition coefficient (Wildman–Crippen LogP) is 4.35. The van der Waals surface area contributed by atoms with Crippen LogP contribution in [0.4, 0.5) is 17.6 Å². The minimum atomic E-state index is -4.54. The second-order valence-corrected chi connectivity index (χ2v) is 7.26. The summed E-state index contributed by atoms with van der Waals surface area (Å²) in [5.74, 6) is -1.13. The lowest BCUT2D eigenvalue weighted by atomic mass is 10.1. The first-order valence-electron chi connectivity index (χ1n) is 8.55. The third kappa shape index (κ3) is 4.56. The molecule has 1 N–H and O–H groups in total. The molecular weight excluding hydrogens is 408 g/mol. The van der Waals surface area contributed by atoms with E-state index in [1.54, 1.807) is 6.07 Å². The maximum atomic E-state index is 13.9. The Morgan fingerprint density at radius 3 is 2.34 bits per heavy atom. The third-order valence-electron chi connectivity index (χ3n) is 4.40. The van der Waals surface area contributed by atoms with Crippen molar-refractivity contribution in [3.8, 4) is 0 Å². The van der Waals surface area contributed by atoms with Crippen LogP contribution < -0.4 is 10.2 Å². The van der Waals surface area contributed by atoms with Crippen molar-refractivity contribution in [3.05, 3.63) is 91.3 Å². The summed E-state index contributed by atoms with van der Waals surface area (Å²) in [6, 6.07) is 10.9. The van der Waals surface area contributed by atoms with Crippen molar-refractivity contribution in [1.82, 2.24) is 9.88 Å². The summed E-state index contributed by atoms with van der Waals surface area (Å²) in [6.07, 6.45) is -4.54. The van der Waals surface area contributed by atoms with Gasteiger partial charge in [0.15, 0.2) is 0 Å². The average Bonchev–Trinajstić information content (AvgIpc) is 2.95. The van der Waals surface area contributed by atoms with Crippen LogP contribution in [-0.4, -0.2) is 10.5 Å². The number of nitrogens with zero attached hydrogens (tertiary/aromatic N) is 1. The number of carbonyl (C=O) groups is 1. The van der Waals surface area contributed by atoms with Gasteiger partial charge >= 0.3 is 11.0 Å². The molecule has 3 aromatic rings. The maximum Gasteiger partial charge on any atom is 0.416 e. The minimum Gasteiger partial charge on any atom is -0.347 e. The van der Waals surface area contributed by atoms with Crippen molar-refractivity contribution in [2.45, 2.75) is 26.2 Å². The molecule has 1 heterocycles. The molecule has 3 rings (SSSR count). The monoisotopic (exact) mass is 424 g/mol. The van der Waals surface area contributed by atoms with Gasteiger partial charge in [-0.25, -0.2) is 4.39 Å². The number of nitrogens with one attached hydrogen (secondary N) is 1. The molecule has 1 amide bonds. The molecule has 0 fully saturated rings. The van der Waals surface area contributed by atoms with Gasteiger partial charge in [-0.05, 0) is 24.6 Å². The van der Waals surface area contributed by atoms with Gasteiger partial charge in [0.2, 0.25) is 0 Å². The van der Waals surface area contributed by atoms with E-state index in [0.717, 1.165) is 6.07 Å².